The molecule has 2 amide bonds. The molecular weight excluding hydrogens is 331 g/mol. The Morgan fingerprint density at radius 2 is 1.92 bits per heavy atom. The number of carbonyl (C=O) groups excluding carboxylic acids is 2. The number of methoxy groups -OCH3 is 1. The van der Waals surface area contributed by atoms with Gasteiger partial charge in [-0.3, -0.25) is 9.59 Å². The fraction of sp³-hybridized carbons (Fsp3) is 0.400. The van der Waals surface area contributed by atoms with Gasteiger partial charge in [-0.1, -0.05) is 0 Å². The molecule has 1 fully saturated rings. The Balaban J connectivity index is 1.58. The number of benzene rings is 1. The number of halogens is 1. The summed E-state index contributed by atoms with van der Waals surface area (Å²) in [5, 5.41) is 10.6. The SMILES string of the molecule is COc1cc(C(=O)N2CCN(C(=O)Cn3cnnn3)CC2)ccc1F. The van der Waals surface area contributed by atoms with Crippen LogP contribution in [0.15, 0.2) is 24.5 Å². The lowest BCUT2D eigenvalue weighted by Gasteiger charge is -2.34. The number of ether oxygens (including phenoxy) is 1. The lowest BCUT2D eigenvalue weighted by atomic mass is 10.1. The van der Waals surface area contributed by atoms with Crippen molar-refractivity contribution in [1.82, 2.24) is 30.0 Å². The van der Waals surface area contributed by atoms with Gasteiger partial charge in [-0.15, -0.1) is 5.10 Å². The van der Waals surface area contributed by atoms with Crippen molar-refractivity contribution in [3.8, 4) is 5.75 Å². The average Bonchev–Trinajstić information content (AvgIpc) is 3.14. The zero-order chi connectivity index (χ0) is 17.8. The molecule has 0 atom stereocenters. The molecule has 3 rings (SSSR count). The highest BCUT2D eigenvalue weighted by Gasteiger charge is 2.25. The molecule has 25 heavy (non-hydrogen) atoms. The molecule has 2 heterocycles. The van der Waals surface area contributed by atoms with Crippen molar-refractivity contribution in [2.75, 3.05) is 33.3 Å². The summed E-state index contributed by atoms with van der Waals surface area (Å²) in [4.78, 5) is 28.0. The van der Waals surface area contributed by atoms with Crippen LogP contribution in [-0.2, 0) is 11.3 Å². The topological polar surface area (TPSA) is 93.5 Å². The van der Waals surface area contributed by atoms with Crippen LogP contribution in [0.2, 0.25) is 0 Å². The van der Waals surface area contributed by atoms with Crippen molar-refractivity contribution in [3.63, 3.8) is 0 Å². The van der Waals surface area contributed by atoms with Gasteiger partial charge in [0.05, 0.1) is 7.11 Å². The normalized spacial score (nSPS) is 14.5. The molecule has 132 valence electrons. The van der Waals surface area contributed by atoms with E-state index in [0.29, 0.717) is 31.7 Å². The monoisotopic (exact) mass is 348 g/mol. The van der Waals surface area contributed by atoms with Gasteiger partial charge >= 0.3 is 0 Å². The smallest absolute Gasteiger partial charge is 0.254 e. The van der Waals surface area contributed by atoms with Crippen molar-refractivity contribution in [2.45, 2.75) is 6.54 Å². The summed E-state index contributed by atoms with van der Waals surface area (Å²) >= 11 is 0. The number of rotatable bonds is 4. The summed E-state index contributed by atoms with van der Waals surface area (Å²) in [5.41, 5.74) is 0.353. The van der Waals surface area contributed by atoms with Crippen LogP contribution >= 0.6 is 0 Å². The molecule has 0 N–H and O–H groups in total. The Morgan fingerprint density at radius 3 is 2.56 bits per heavy atom. The van der Waals surface area contributed by atoms with Crippen molar-refractivity contribution in [1.29, 1.82) is 0 Å². The molecule has 9 nitrogen and oxygen atoms in total. The summed E-state index contributed by atoms with van der Waals surface area (Å²) in [6.45, 7) is 1.71. The van der Waals surface area contributed by atoms with Crippen LogP contribution in [0.4, 0.5) is 4.39 Å². The number of nitrogens with zero attached hydrogens (tertiary/aromatic N) is 6. The number of aromatic nitrogens is 4. The van der Waals surface area contributed by atoms with Gasteiger partial charge in [-0.2, -0.15) is 0 Å². The minimum Gasteiger partial charge on any atom is -0.494 e. The van der Waals surface area contributed by atoms with E-state index in [-0.39, 0.29) is 24.1 Å². The van der Waals surface area contributed by atoms with E-state index < -0.39 is 5.82 Å². The highest BCUT2D eigenvalue weighted by Crippen LogP contribution is 2.20. The van der Waals surface area contributed by atoms with Gasteiger partial charge in [0.2, 0.25) is 5.91 Å². The second-order valence-electron chi connectivity index (χ2n) is 5.53. The third-order valence-corrected chi connectivity index (χ3v) is 4.01. The Kier molecular flexibility index (Phi) is 4.87. The zero-order valence-electron chi connectivity index (χ0n) is 13.6. The van der Waals surface area contributed by atoms with E-state index in [1.54, 1.807) is 9.80 Å². The standard InChI is InChI=1S/C15H17FN6O3/c1-25-13-8-11(2-3-12(13)16)15(24)21-6-4-20(5-7-21)14(23)9-22-10-17-18-19-22/h2-3,8,10H,4-7,9H2,1H3. The molecule has 0 spiro atoms. The van der Waals surface area contributed by atoms with Gasteiger partial charge in [-0.05, 0) is 28.6 Å². The van der Waals surface area contributed by atoms with Gasteiger partial charge in [0, 0.05) is 31.7 Å². The van der Waals surface area contributed by atoms with Crippen molar-refractivity contribution < 1.29 is 18.7 Å². The zero-order valence-corrected chi connectivity index (χ0v) is 13.6. The molecule has 0 saturated carbocycles. The molecule has 10 heteroatoms. The van der Waals surface area contributed by atoms with Crippen LogP contribution in [0.5, 0.6) is 5.75 Å². The number of piperazine rings is 1. The summed E-state index contributed by atoms with van der Waals surface area (Å²) in [6, 6.07) is 4.01. The maximum absolute atomic E-state index is 13.5. The molecule has 1 saturated heterocycles. The molecule has 1 aromatic carbocycles. The molecule has 2 aromatic rings. The first-order valence-corrected chi connectivity index (χ1v) is 7.70. The quantitative estimate of drug-likeness (QED) is 0.760. The van der Waals surface area contributed by atoms with Gasteiger partial charge in [0.25, 0.3) is 5.91 Å². The number of hydrogen-bond acceptors (Lipinski definition) is 6. The predicted molar refractivity (Wildman–Crippen MR) is 83.3 cm³/mol. The first-order valence-electron chi connectivity index (χ1n) is 7.70. The maximum Gasteiger partial charge on any atom is 0.254 e. The largest absolute Gasteiger partial charge is 0.494 e. The van der Waals surface area contributed by atoms with E-state index in [4.69, 9.17) is 4.74 Å². The first kappa shape index (κ1) is 16.8. The first-order chi connectivity index (χ1) is 12.1. The van der Waals surface area contributed by atoms with E-state index in [9.17, 15) is 14.0 Å². The number of carbonyl (C=O) groups is 2. The second kappa shape index (κ2) is 7.24. The van der Waals surface area contributed by atoms with Crippen molar-refractivity contribution in [2.24, 2.45) is 0 Å². The van der Waals surface area contributed by atoms with Crippen molar-refractivity contribution >= 4 is 11.8 Å². The summed E-state index contributed by atoms with van der Waals surface area (Å²) in [6.07, 6.45) is 1.37. The summed E-state index contributed by atoms with van der Waals surface area (Å²) < 4.78 is 19.7. The lowest BCUT2D eigenvalue weighted by molar-refractivity contribution is -0.133. The minimum atomic E-state index is -0.517. The summed E-state index contributed by atoms with van der Waals surface area (Å²) in [5.74, 6) is -0.813. The Bertz CT molecular complexity index is 759. The Labute approximate surface area is 143 Å². The molecule has 1 aromatic heterocycles. The number of hydrogen-bond donors (Lipinski definition) is 0. The van der Waals surface area contributed by atoms with Crippen LogP contribution in [0, 0.1) is 5.82 Å². The fourth-order valence-electron chi connectivity index (χ4n) is 2.63. The number of tetrazole rings is 1. The number of amides is 2. The van der Waals surface area contributed by atoms with Gasteiger partial charge in [0.1, 0.15) is 12.9 Å². The van der Waals surface area contributed by atoms with Crippen LogP contribution in [-0.4, -0.2) is 75.1 Å². The Morgan fingerprint density at radius 1 is 1.20 bits per heavy atom. The van der Waals surface area contributed by atoms with E-state index in [0.717, 1.165) is 0 Å². The van der Waals surface area contributed by atoms with E-state index in [1.807, 2.05) is 0 Å². The van der Waals surface area contributed by atoms with Gasteiger partial charge < -0.3 is 14.5 Å². The fourth-order valence-corrected chi connectivity index (χ4v) is 2.63. The molecule has 0 unspecified atom stereocenters. The molecule has 0 aliphatic carbocycles. The highest BCUT2D eigenvalue weighted by molar-refractivity contribution is 5.94. The van der Waals surface area contributed by atoms with E-state index in [1.165, 1.54) is 36.3 Å². The van der Waals surface area contributed by atoms with Crippen LogP contribution < -0.4 is 4.74 Å². The molecule has 0 bridgehead atoms. The Hall–Kier alpha value is -3.04. The third kappa shape index (κ3) is 3.73. The average molecular weight is 348 g/mol. The predicted octanol–water partition coefficient (Wildman–Crippen LogP) is -0.195. The molecule has 1 aliphatic rings. The second-order valence-corrected chi connectivity index (χ2v) is 5.53. The van der Waals surface area contributed by atoms with Crippen LogP contribution in [0.25, 0.3) is 0 Å². The van der Waals surface area contributed by atoms with Crippen molar-refractivity contribution in [3.05, 3.63) is 35.9 Å². The molecule has 1 aliphatic heterocycles. The van der Waals surface area contributed by atoms with Crippen LogP contribution in [0.3, 0.4) is 0 Å². The van der Waals surface area contributed by atoms with E-state index in [2.05, 4.69) is 15.5 Å². The van der Waals surface area contributed by atoms with Gasteiger partial charge in [0.15, 0.2) is 11.6 Å². The molecule has 0 radical (unpaired) electrons. The lowest BCUT2D eigenvalue weighted by Crippen LogP contribution is -2.51. The maximum atomic E-state index is 13.5. The summed E-state index contributed by atoms with van der Waals surface area (Å²) in [7, 11) is 1.35. The minimum absolute atomic E-state index is 0.0288. The highest BCUT2D eigenvalue weighted by atomic mass is 19.1. The van der Waals surface area contributed by atoms with Crippen LogP contribution in [0.1, 0.15) is 10.4 Å². The third-order valence-electron chi connectivity index (χ3n) is 4.01. The van der Waals surface area contributed by atoms with E-state index >= 15 is 0 Å². The van der Waals surface area contributed by atoms with Gasteiger partial charge in [-0.25, -0.2) is 9.07 Å². The molecular formula is C15H17FN6O3.